The largest absolute Gasteiger partial charge is 0.199 e. The molecule has 0 atom stereocenters. The molecular formula is C8H12BrF. The quantitative estimate of drug-likeness (QED) is 0.567. The highest BCUT2D eigenvalue weighted by molar-refractivity contribution is 9.11. The van der Waals surface area contributed by atoms with Gasteiger partial charge >= 0.3 is 0 Å². The van der Waals surface area contributed by atoms with Gasteiger partial charge in [-0.25, -0.2) is 0 Å². The maximum absolute atomic E-state index is 12.5. The summed E-state index contributed by atoms with van der Waals surface area (Å²) in [6.45, 7) is 2.23. The van der Waals surface area contributed by atoms with Crippen LogP contribution in [0.4, 0.5) is 4.39 Å². The van der Waals surface area contributed by atoms with E-state index in [1.807, 2.05) is 0 Å². The van der Waals surface area contributed by atoms with Crippen LogP contribution < -0.4 is 0 Å². The van der Waals surface area contributed by atoms with Gasteiger partial charge in [0.1, 0.15) is 0 Å². The second-order valence-electron chi connectivity index (χ2n) is 3.05. The number of halogens is 2. The molecule has 0 aromatic heterocycles. The fourth-order valence-corrected chi connectivity index (χ4v) is 1.70. The second kappa shape index (κ2) is 3.51. The molecule has 10 heavy (non-hydrogen) atoms. The van der Waals surface area contributed by atoms with Crippen molar-refractivity contribution in [3.63, 3.8) is 0 Å². The lowest BCUT2D eigenvalue weighted by Crippen LogP contribution is -2.04. The molecule has 1 aliphatic carbocycles. The second-order valence-corrected chi connectivity index (χ2v) is 3.74. The highest BCUT2D eigenvalue weighted by Gasteiger charge is 2.14. The van der Waals surface area contributed by atoms with E-state index in [2.05, 4.69) is 22.9 Å². The van der Waals surface area contributed by atoms with Crippen molar-refractivity contribution in [2.75, 3.05) is 0 Å². The van der Waals surface area contributed by atoms with Crippen molar-refractivity contribution in [2.24, 2.45) is 5.92 Å². The third kappa shape index (κ3) is 2.08. The lowest BCUT2D eigenvalue weighted by atomic mass is 9.88. The summed E-state index contributed by atoms with van der Waals surface area (Å²) in [4.78, 5) is 0. The van der Waals surface area contributed by atoms with Gasteiger partial charge in [-0.05, 0) is 53.1 Å². The first-order valence-corrected chi connectivity index (χ1v) is 4.52. The van der Waals surface area contributed by atoms with Gasteiger partial charge in [0.2, 0.25) is 0 Å². The van der Waals surface area contributed by atoms with Crippen LogP contribution in [-0.2, 0) is 0 Å². The molecule has 1 fully saturated rings. The highest BCUT2D eigenvalue weighted by Crippen LogP contribution is 2.31. The van der Waals surface area contributed by atoms with Crippen molar-refractivity contribution in [1.82, 2.24) is 0 Å². The fourth-order valence-electron chi connectivity index (χ4n) is 1.30. The third-order valence-electron chi connectivity index (χ3n) is 2.15. The van der Waals surface area contributed by atoms with E-state index in [-0.39, 0.29) is 4.74 Å². The molecule has 1 saturated carbocycles. The van der Waals surface area contributed by atoms with Gasteiger partial charge in [-0.15, -0.1) is 0 Å². The summed E-state index contributed by atoms with van der Waals surface area (Å²) in [5.41, 5.74) is 0.970. The smallest absolute Gasteiger partial charge is 0.164 e. The average Bonchev–Trinajstić information content (AvgIpc) is 1.88. The van der Waals surface area contributed by atoms with Gasteiger partial charge in [0.05, 0.1) is 0 Å². The lowest BCUT2D eigenvalue weighted by Gasteiger charge is -2.19. The van der Waals surface area contributed by atoms with E-state index in [1.165, 1.54) is 0 Å². The average molecular weight is 207 g/mol. The summed E-state index contributed by atoms with van der Waals surface area (Å²) < 4.78 is 12.4. The summed E-state index contributed by atoms with van der Waals surface area (Å²) in [5, 5.41) is 0. The van der Waals surface area contributed by atoms with Gasteiger partial charge in [0.25, 0.3) is 0 Å². The van der Waals surface area contributed by atoms with Crippen LogP contribution in [-0.4, -0.2) is 0 Å². The van der Waals surface area contributed by atoms with E-state index in [0.29, 0.717) is 0 Å². The predicted octanol–water partition coefficient (Wildman–Crippen LogP) is 3.77. The molecular weight excluding hydrogens is 195 g/mol. The summed E-state index contributed by atoms with van der Waals surface area (Å²) in [7, 11) is 0. The summed E-state index contributed by atoms with van der Waals surface area (Å²) in [6, 6.07) is 0. The normalized spacial score (nSPS) is 26.7. The molecule has 58 valence electrons. The van der Waals surface area contributed by atoms with Crippen LogP contribution in [0.5, 0.6) is 0 Å². The molecule has 0 radical (unpaired) electrons. The molecule has 0 heterocycles. The molecule has 0 N–H and O–H groups in total. The fraction of sp³-hybridized carbons (Fsp3) is 0.750. The van der Waals surface area contributed by atoms with Crippen LogP contribution in [0, 0.1) is 5.92 Å². The zero-order valence-corrected chi connectivity index (χ0v) is 7.75. The molecule has 0 aliphatic heterocycles. The first kappa shape index (κ1) is 8.25. The van der Waals surface area contributed by atoms with E-state index in [0.717, 1.165) is 37.2 Å². The van der Waals surface area contributed by atoms with Crippen LogP contribution in [0.15, 0.2) is 10.3 Å². The Bertz CT molecular complexity index is 137. The Hall–Kier alpha value is 0.150. The highest BCUT2D eigenvalue weighted by atomic mass is 79.9. The lowest BCUT2D eigenvalue weighted by molar-refractivity contribution is 0.436. The standard InChI is InChI=1S/C8H12BrF/c1-6-2-4-7(5-3-6)8(9)10/h6H,2-5H2,1H3. The Balaban J connectivity index is 2.48. The van der Waals surface area contributed by atoms with Gasteiger partial charge in [-0.3, -0.25) is 0 Å². The minimum atomic E-state index is -0.126. The number of hydrogen-bond acceptors (Lipinski definition) is 0. The third-order valence-corrected chi connectivity index (χ3v) is 2.71. The molecule has 0 aromatic carbocycles. The zero-order chi connectivity index (χ0) is 7.56. The van der Waals surface area contributed by atoms with Crippen molar-refractivity contribution >= 4 is 15.9 Å². The first-order chi connectivity index (χ1) is 4.70. The first-order valence-electron chi connectivity index (χ1n) is 3.73. The molecule has 2 heteroatoms. The number of allylic oxidation sites excluding steroid dienone is 1. The van der Waals surface area contributed by atoms with E-state index in [4.69, 9.17) is 0 Å². The Morgan fingerprint density at radius 2 is 2.00 bits per heavy atom. The molecule has 0 bridgehead atoms. The molecule has 1 rings (SSSR count). The molecule has 0 unspecified atom stereocenters. The van der Waals surface area contributed by atoms with Gasteiger partial charge in [-0.2, -0.15) is 4.39 Å². The zero-order valence-electron chi connectivity index (χ0n) is 6.16. The van der Waals surface area contributed by atoms with Crippen molar-refractivity contribution in [2.45, 2.75) is 32.6 Å². The number of rotatable bonds is 0. The van der Waals surface area contributed by atoms with Crippen molar-refractivity contribution in [1.29, 1.82) is 0 Å². The van der Waals surface area contributed by atoms with Crippen LogP contribution in [0.1, 0.15) is 32.6 Å². The van der Waals surface area contributed by atoms with Crippen LogP contribution >= 0.6 is 15.9 Å². The Labute approximate surface area is 69.6 Å². The van der Waals surface area contributed by atoms with E-state index in [9.17, 15) is 4.39 Å². The minimum Gasteiger partial charge on any atom is -0.199 e. The summed E-state index contributed by atoms with van der Waals surface area (Å²) in [5.74, 6) is 0.788. The summed E-state index contributed by atoms with van der Waals surface area (Å²) >= 11 is 2.87. The molecule has 0 spiro atoms. The minimum absolute atomic E-state index is 0.126. The van der Waals surface area contributed by atoms with E-state index >= 15 is 0 Å². The predicted molar refractivity (Wildman–Crippen MR) is 44.7 cm³/mol. The van der Waals surface area contributed by atoms with Gasteiger partial charge < -0.3 is 0 Å². The Kier molecular flexibility index (Phi) is 2.90. The van der Waals surface area contributed by atoms with Crippen LogP contribution in [0.25, 0.3) is 0 Å². The number of hydrogen-bond donors (Lipinski definition) is 0. The van der Waals surface area contributed by atoms with E-state index in [1.54, 1.807) is 0 Å². The summed E-state index contributed by atoms with van der Waals surface area (Å²) in [6.07, 6.45) is 4.18. The molecule has 0 nitrogen and oxygen atoms in total. The van der Waals surface area contributed by atoms with E-state index < -0.39 is 0 Å². The van der Waals surface area contributed by atoms with Crippen LogP contribution in [0.2, 0.25) is 0 Å². The molecule has 0 aromatic rings. The van der Waals surface area contributed by atoms with Gasteiger partial charge in [0.15, 0.2) is 4.74 Å². The topological polar surface area (TPSA) is 0 Å². The van der Waals surface area contributed by atoms with Crippen molar-refractivity contribution in [3.05, 3.63) is 10.3 Å². The van der Waals surface area contributed by atoms with Crippen molar-refractivity contribution < 1.29 is 4.39 Å². The molecule has 0 saturated heterocycles. The maximum Gasteiger partial charge on any atom is 0.164 e. The van der Waals surface area contributed by atoms with Gasteiger partial charge in [0, 0.05) is 0 Å². The van der Waals surface area contributed by atoms with Crippen molar-refractivity contribution in [3.8, 4) is 0 Å². The maximum atomic E-state index is 12.5. The van der Waals surface area contributed by atoms with Crippen LogP contribution in [0.3, 0.4) is 0 Å². The SMILES string of the molecule is CC1CCC(=C(F)Br)CC1. The molecule has 1 aliphatic rings. The Morgan fingerprint density at radius 1 is 1.50 bits per heavy atom. The monoisotopic (exact) mass is 206 g/mol. The van der Waals surface area contributed by atoms with Gasteiger partial charge in [-0.1, -0.05) is 6.92 Å². The molecule has 0 amide bonds. The Morgan fingerprint density at radius 3 is 2.40 bits per heavy atom.